The standard InChI is InChI=1S/C54H42BN3/c1-35-15-5-11-25-48(35)57-50-33-45(56(43-29-27-39-19-7-9-21-41(39)31-43)44-30-28-40-20-8-10-22-42(40)32-44)34-51-52(50)55(46-23-13-17-37(3)53(46)57)47-24-14-18-38(4)54(47)58(51)49-26-12-6-16-36(49)2/h5-34H,1-4H3. The summed E-state index contributed by atoms with van der Waals surface area (Å²) in [5.74, 6) is 0. The van der Waals surface area contributed by atoms with E-state index in [1.807, 2.05) is 0 Å². The molecule has 0 bridgehead atoms. The first-order chi connectivity index (χ1) is 28.4. The summed E-state index contributed by atoms with van der Waals surface area (Å²) in [5.41, 5.74) is 19.6. The molecule has 0 N–H and O–H groups in total. The number of rotatable bonds is 5. The number of nitrogens with zero attached hydrogens (tertiary/aromatic N) is 3. The van der Waals surface area contributed by atoms with Crippen molar-refractivity contribution in [2.45, 2.75) is 27.7 Å². The summed E-state index contributed by atoms with van der Waals surface area (Å²) in [6.07, 6.45) is 0. The van der Waals surface area contributed by atoms with Crippen molar-refractivity contribution >= 4 is 95.8 Å². The van der Waals surface area contributed by atoms with E-state index < -0.39 is 0 Å². The zero-order valence-electron chi connectivity index (χ0n) is 33.2. The monoisotopic (exact) mass is 743 g/mol. The number of hydrogen-bond donors (Lipinski definition) is 0. The van der Waals surface area contributed by atoms with E-state index in [4.69, 9.17) is 0 Å². The molecule has 2 heterocycles. The van der Waals surface area contributed by atoms with Gasteiger partial charge in [-0.15, -0.1) is 0 Å². The van der Waals surface area contributed by atoms with Gasteiger partial charge in [0.15, 0.2) is 0 Å². The zero-order chi connectivity index (χ0) is 39.1. The zero-order valence-corrected chi connectivity index (χ0v) is 33.2. The second-order valence-electron chi connectivity index (χ2n) is 16.0. The van der Waals surface area contributed by atoms with Gasteiger partial charge in [-0.25, -0.2) is 0 Å². The van der Waals surface area contributed by atoms with Crippen LogP contribution in [0, 0.1) is 27.7 Å². The van der Waals surface area contributed by atoms with Gasteiger partial charge >= 0.3 is 0 Å². The van der Waals surface area contributed by atoms with Gasteiger partial charge in [-0.3, -0.25) is 0 Å². The molecular weight excluding hydrogens is 701 g/mol. The Labute approximate surface area is 341 Å². The summed E-state index contributed by atoms with van der Waals surface area (Å²) in [7, 11) is 0. The van der Waals surface area contributed by atoms with Crippen LogP contribution in [0.4, 0.5) is 51.2 Å². The third-order valence-corrected chi connectivity index (χ3v) is 12.5. The lowest BCUT2D eigenvalue weighted by molar-refractivity contribution is 1.19. The number of hydrogen-bond acceptors (Lipinski definition) is 3. The predicted octanol–water partition coefficient (Wildman–Crippen LogP) is 12.8. The maximum absolute atomic E-state index is 2.56. The molecule has 0 fully saturated rings. The Hall–Kier alpha value is -7.04. The smallest absolute Gasteiger partial charge is 0.252 e. The number of benzene rings is 9. The summed E-state index contributed by atoms with van der Waals surface area (Å²) < 4.78 is 0. The van der Waals surface area contributed by atoms with Crippen LogP contribution in [-0.2, 0) is 0 Å². The number of aryl methyl sites for hydroxylation is 4. The quantitative estimate of drug-likeness (QED) is 0.163. The minimum Gasteiger partial charge on any atom is -0.311 e. The first kappa shape index (κ1) is 34.2. The lowest BCUT2D eigenvalue weighted by Crippen LogP contribution is -2.61. The Kier molecular flexibility index (Phi) is 7.84. The Morgan fingerprint density at radius 1 is 0.345 bits per heavy atom. The average Bonchev–Trinajstić information content (AvgIpc) is 3.25. The van der Waals surface area contributed by atoms with Crippen molar-refractivity contribution in [2.75, 3.05) is 14.7 Å². The number of anilines is 9. The normalized spacial score (nSPS) is 12.7. The van der Waals surface area contributed by atoms with Crippen LogP contribution in [0.2, 0.25) is 0 Å². The molecule has 2 aliphatic heterocycles. The minimum absolute atomic E-state index is 0.0409. The molecular formula is C54H42BN3. The van der Waals surface area contributed by atoms with E-state index in [-0.39, 0.29) is 6.71 Å². The fourth-order valence-electron chi connectivity index (χ4n) is 9.77. The second-order valence-corrected chi connectivity index (χ2v) is 16.0. The van der Waals surface area contributed by atoms with Crippen LogP contribution in [0.1, 0.15) is 22.3 Å². The Balaban J connectivity index is 1.29. The van der Waals surface area contributed by atoms with Crippen LogP contribution in [0.15, 0.2) is 182 Å². The molecule has 0 atom stereocenters. The van der Waals surface area contributed by atoms with Gasteiger partial charge in [0.2, 0.25) is 0 Å². The number of para-hydroxylation sites is 4. The highest BCUT2D eigenvalue weighted by Crippen LogP contribution is 2.50. The molecule has 0 spiro atoms. The molecule has 0 saturated heterocycles. The lowest BCUT2D eigenvalue weighted by Gasteiger charge is -2.46. The molecule has 9 aromatic rings. The van der Waals surface area contributed by atoms with E-state index in [9.17, 15) is 0 Å². The summed E-state index contributed by atoms with van der Waals surface area (Å²) >= 11 is 0. The van der Waals surface area contributed by atoms with Crippen molar-refractivity contribution < 1.29 is 0 Å². The summed E-state index contributed by atoms with van der Waals surface area (Å²) in [6.45, 7) is 9.07. The van der Waals surface area contributed by atoms with Gasteiger partial charge in [0.25, 0.3) is 6.71 Å². The lowest BCUT2D eigenvalue weighted by atomic mass is 9.33. The van der Waals surface area contributed by atoms with Crippen LogP contribution >= 0.6 is 0 Å². The largest absolute Gasteiger partial charge is 0.311 e. The molecule has 2 aliphatic rings. The van der Waals surface area contributed by atoms with Gasteiger partial charge in [0.05, 0.1) is 5.69 Å². The second kappa shape index (κ2) is 13.3. The summed E-state index contributed by atoms with van der Waals surface area (Å²) in [6, 6.07) is 67.5. The fourth-order valence-corrected chi connectivity index (χ4v) is 9.77. The molecule has 0 aromatic heterocycles. The molecule has 3 nitrogen and oxygen atoms in total. The van der Waals surface area contributed by atoms with Crippen molar-refractivity contribution in [1.82, 2.24) is 0 Å². The highest BCUT2D eigenvalue weighted by molar-refractivity contribution is 7.00. The molecule has 0 radical (unpaired) electrons. The van der Waals surface area contributed by atoms with Crippen molar-refractivity contribution in [1.29, 1.82) is 0 Å². The van der Waals surface area contributed by atoms with E-state index in [2.05, 4.69) is 224 Å². The Morgan fingerprint density at radius 2 is 0.759 bits per heavy atom. The highest BCUT2D eigenvalue weighted by Gasteiger charge is 2.45. The topological polar surface area (TPSA) is 9.72 Å². The van der Waals surface area contributed by atoms with Crippen LogP contribution in [0.5, 0.6) is 0 Å². The molecule has 11 rings (SSSR count). The van der Waals surface area contributed by atoms with Gasteiger partial charge < -0.3 is 14.7 Å². The Bertz CT molecular complexity index is 2910. The van der Waals surface area contributed by atoms with Crippen LogP contribution < -0.4 is 31.1 Å². The maximum atomic E-state index is 2.56. The molecule has 0 aliphatic carbocycles. The predicted molar refractivity (Wildman–Crippen MR) is 249 cm³/mol. The summed E-state index contributed by atoms with van der Waals surface area (Å²) in [5, 5.41) is 4.87. The van der Waals surface area contributed by atoms with E-state index in [0.717, 1.165) is 17.1 Å². The van der Waals surface area contributed by atoms with Crippen molar-refractivity contribution in [3.8, 4) is 0 Å². The maximum Gasteiger partial charge on any atom is 0.252 e. The molecule has 276 valence electrons. The van der Waals surface area contributed by atoms with Gasteiger partial charge in [-0.2, -0.15) is 0 Å². The highest BCUT2D eigenvalue weighted by atomic mass is 15.2. The van der Waals surface area contributed by atoms with E-state index >= 15 is 0 Å². The SMILES string of the molecule is Cc1ccccc1N1c2cc(N(c3ccc4ccccc4c3)c3ccc4ccccc4c3)cc3c2B(c2cccc(C)c21)c1cccc(C)c1N3c1ccccc1C. The van der Waals surface area contributed by atoms with E-state index in [1.165, 1.54) is 94.3 Å². The molecule has 0 unspecified atom stereocenters. The van der Waals surface area contributed by atoms with Crippen LogP contribution in [0.3, 0.4) is 0 Å². The van der Waals surface area contributed by atoms with Crippen LogP contribution in [-0.4, -0.2) is 6.71 Å². The van der Waals surface area contributed by atoms with Crippen LogP contribution in [0.25, 0.3) is 21.5 Å². The first-order valence-corrected chi connectivity index (χ1v) is 20.3. The van der Waals surface area contributed by atoms with E-state index in [0.29, 0.717) is 0 Å². The van der Waals surface area contributed by atoms with Crippen molar-refractivity contribution in [3.63, 3.8) is 0 Å². The third kappa shape index (κ3) is 5.22. The van der Waals surface area contributed by atoms with Crippen molar-refractivity contribution in [3.05, 3.63) is 204 Å². The Morgan fingerprint density at radius 3 is 1.22 bits per heavy atom. The number of fused-ring (bicyclic) bond motifs is 6. The van der Waals surface area contributed by atoms with Gasteiger partial charge in [0.1, 0.15) is 0 Å². The molecule has 9 aromatic carbocycles. The van der Waals surface area contributed by atoms with Gasteiger partial charge in [-0.1, -0.05) is 133 Å². The van der Waals surface area contributed by atoms with Gasteiger partial charge in [-0.05, 0) is 136 Å². The molecule has 0 amide bonds. The first-order valence-electron chi connectivity index (χ1n) is 20.3. The molecule has 58 heavy (non-hydrogen) atoms. The minimum atomic E-state index is 0.0409. The molecule has 4 heteroatoms. The van der Waals surface area contributed by atoms with E-state index in [1.54, 1.807) is 0 Å². The average molecular weight is 744 g/mol. The third-order valence-electron chi connectivity index (χ3n) is 12.5. The summed E-state index contributed by atoms with van der Waals surface area (Å²) in [4.78, 5) is 7.60. The molecule has 0 saturated carbocycles. The van der Waals surface area contributed by atoms with Gasteiger partial charge in [0, 0.05) is 45.5 Å². The fraction of sp³-hybridized carbons (Fsp3) is 0.0741. The van der Waals surface area contributed by atoms with Crippen molar-refractivity contribution in [2.24, 2.45) is 0 Å².